The van der Waals surface area contributed by atoms with Crippen LogP contribution in [0.15, 0.2) is 34.9 Å². The van der Waals surface area contributed by atoms with Gasteiger partial charge in [0.1, 0.15) is 11.5 Å². The van der Waals surface area contributed by atoms with E-state index in [9.17, 15) is 5.11 Å². The molecule has 0 fully saturated rings. The summed E-state index contributed by atoms with van der Waals surface area (Å²) in [5, 5.41) is 9.27. The van der Waals surface area contributed by atoms with Crippen molar-refractivity contribution in [3.05, 3.63) is 47.7 Å². The first-order chi connectivity index (χ1) is 8.67. The summed E-state index contributed by atoms with van der Waals surface area (Å²) < 4.78 is 10.7. The van der Waals surface area contributed by atoms with Crippen molar-refractivity contribution in [3.8, 4) is 5.75 Å². The van der Waals surface area contributed by atoms with Crippen LogP contribution >= 0.6 is 0 Å². The average Bonchev–Trinajstić information content (AvgIpc) is 2.76. The van der Waals surface area contributed by atoms with Crippen molar-refractivity contribution in [1.82, 2.24) is 4.98 Å². The highest BCUT2D eigenvalue weighted by atomic mass is 16.5. The largest absolute Gasteiger partial charge is 0.497 e. The van der Waals surface area contributed by atoms with Gasteiger partial charge in [0.05, 0.1) is 19.4 Å². The molecule has 0 amide bonds. The van der Waals surface area contributed by atoms with Crippen LogP contribution in [-0.4, -0.2) is 23.3 Å². The molecule has 0 aliphatic carbocycles. The smallest absolute Gasteiger partial charge is 0.198 e. The average molecular weight is 247 g/mol. The molecule has 1 atom stereocenters. The maximum atomic E-state index is 9.27. The molecule has 4 nitrogen and oxygen atoms in total. The van der Waals surface area contributed by atoms with E-state index in [1.807, 2.05) is 24.3 Å². The van der Waals surface area contributed by atoms with E-state index in [2.05, 4.69) is 4.98 Å². The maximum absolute atomic E-state index is 9.27. The fourth-order valence-electron chi connectivity index (χ4n) is 1.77. The van der Waals surface area contributed by atoms with Gasteiger partial charge in [-0.25, -0.2) is 4.98 Å². The second-order valence-corrected chi connectivity index (χ2v) is 4.30. The summed E-state index contributed by atoms with van der Waals surface area (Å²) in [4.78, 5) is 4.20. The Kier molecular flexibility index (Phi) is 3.99. The van der Waals surface area contributed by atoms with Crippen LogP contribution in [0, 0.1) is 0 Å². The Hall–Kier alpha value is -1.81. The Morgan fingerprint density at radius 1 is 1.44 bits per heavy atom. The molecule has 0 saturated heterocycles. The van der Waals surface area contributed by atoms with Gasteiger partial charge < -0.3 is 14.3 Å². The van der Waals surface area contributed by atoms with Crippen LogP contribution in [0.2, 0.25) is 0 Å². The number of benzene rings is 1. The molecule has 0 spiro atoms. The number of hydrogen-bond acceptors (Lipinski definition) is 4. The van der Waals surface area contributed by atoms with Crippen molar-refractivity contribution < 1.29 is 14.3 Å². The van der Waals surface area contributed by atoms with Gasteiger partial charge in [-0.2, -0.15) is 0 Å². The number of ether oxygens (including phenoxy) is 1. The summed E-state index contributed by atoms with van der Waals surface area (Å²) in [6, 6.07) is 7.80. The van der Waals surface area contributed by atoms with Crippen molar-refractivity contribution in [2.75, 3.05) is 7.11 Å². The van der Waals surface area contributed by atoms with E-state index in [1.165, 1.54) is 0 Å². The molecule has 2 aromatic rings. The Balaban J connectivity index is 2.06. The summed E-state index contributed by atoms with van der Waals surface area (Å²) in [6.07, 6.45) is 2.37. The van der Waals surface area contributed by atoms with Crippen LogP contribution in [-0.2, 0) is 12.8 Å². The van der Waals surface area contributed by atoms with Crippen molar-refractivity contribution in [3.63, 3.8) is 0 Å². The van der Waals surface area contributed by atoms with Crippen molar-refractivity contribution in [2.24, 2.45) is 0 Å². The third-order valence-corrected chi connectivity index (χ3v) is 2.59. The first kappa shape index (κ1) is 12.6. The molecular weight excluding hydrogens is 230 g/mol. The van der Waals surface area contributed by atoms with Gasteiger partial charge >= 0.3 is 0 Å². The van der Waals surface area contributed by atoms with E-state index in [4.69, 9.17) is 9.15 Å². The first-order valence-electron chi connectivity index (χ1n) is 5.92. The minimum Gasteiger partial charge on any atom is -0.497 e. The Morgan fingerprint density at radius 2 is 2.28 bits per heavy atom. The Bertz CT molecular complexity index is 505. The van der Waals surface area contributed by atoms with Crippen LogP contribution < -0.4 is 4.74 Å². The lowest BCUT2D eigenvalue weighted by molar-refractivity contribution is 0.186. The van der Waals surface area contributed by atoms with Crippen LogP contribution in [0.25, 0.3) is 0 Å². The summed E-state index contributed by atoms with van der Waals surface area (Å²) in [5.41, 5.74) is 1.08. The minimum absolute atomic E-state index is 0.414. The molecule has 0 bridgehead atoms. The highest BCUT2D eigenvalue weighted by molar-refractivity contribution is 5.29. The number of nitrogens with zero attached hydrogens (tertiary/aromatic N) is 1. The van der Waals surface area contributed by atoms with Gasteiger partial charge in [-0.15, -0.1) is 0 Å². The van der Waals surface area contributed by atoms with Crippen LogP contribution in [0.1, 0.15) is 24.1 Å². The van der Waals surface area contributed by atoms with Crippen LogP contribution in [0.4, 0.5) is 0 Å². The molecule has 0 saturated carbocycles. The third kappa shape index (κ3) is 3.34. The fourth-order valence-corrected chi connectivity index (χ4v) is 1.77. The third-order valence-electron chi connectivity index (χ3n) is 2.59. The monoisotopic (exact) mass is 247 g/mol. The highest BCUT2D eigenvalue weighted by Gasteiger charge is 2.07. The summed E-state index contributed by atoms with van der Waals surface area (Å²) >= 11 is 0. The van der Waals surface area contributed by atoms with Gasteiger partial charge in [0.2, 0.25) is 0 Å². The zero-order chi connectivity index (χ0) is 13.0. The minimum atomic E-state index is -0.414. The molecule has 0 aliphatic rings. The number of oxazole rings is 1. The van der Waals surface area contributed by atoms with Gasteiger partial charge in [0.15, 0.2) is 5.89 Å². The maximum Gasteiger partial charge on any atom is 0.198 e. The van der Waals surface area contributed by atoms with Crippen LogP contribution in [0.3, 0.4) is 0 Å². The van der Waals surface area contributed by atoms with Crippen molar-refractivity contribution >= 4 is 0 Å². The molecular formula is C14H17NO3. The number of aliphatic hydroxyl groups excluding tert-OH is 1. The van der Waals surface area contributed by atoms with E-state index in [0.717, 1.165) is 11.3 Å². The number of methoxy groups -OCH3 is 1. The van der Waals surface area contributed by atoms with Crippen molar-refractivity contribution in [1.29, 1.82) is 0 Å². The predicted octanol–water partition coefficient (Wildman–Crippen LogP) is 2.20. The number of rotatable bonds is 5. The van der Waals surface area contributed by atoms with Gasteiger partial charge in [0, 0.05) is 12.8 Å². The van der Waals surface area contributed by atoms with E-state index in [-0.39, 0.29) is 0 Å². The van der Waals surface area contributed by atoms with Gasteiger partial charge in [-0.05, 0) is 24.6 Å². The van der Waals surface area contributed by atoms with E-state index in [1.54, 1.807) is 20.2 Å². The quantitative estimate of drug-likeness (QED) is 0.880. The number of hydrogen-bond donors (Lipinski definition) is 1. The molecule has 18 heavy (non-hydrogen) atoms. The lowest BCUT2D eigenvalue weighted by atomic mass is 10.1. The van der Waals surface area contributed by atoms with Gasteiger partial charge in [-0.3, -0.25) is 0 Å². The van der Waals surface area contributed by atoms with E-state index < -0.39 is 6.10 Å². The molecule has 2 rings (SSSR count). The lowest BCUT2D eigenvalue weighted by Crippen LogP contribution is -2.02. The standard InChI is InChI=1S/C14H17NO3/c1-10(16)6-13-9-15-14(18-13)8-11-4-3-5-12(7-11)17-2/h3-5,7,9-10,16H,6,8H2,1-2H3. The molecule has 96 valence electrons. The fraction of sp³-hybridized carbons (Fsp3) is 0.357. The Labute approximate surface area is 106 Å². The molecule has 0 radical (unpaired) electrons. The lowest BCUT2D eigenvalue weighted by Gasteiger charge is -2.02. The zero-order valence-corrected chi connectivity index (χ0v) is 10.6. The summed E-state index contributed by atoms with van der Waals surface area (Å²) in [6.45, 7) is 1.73. The van der Waals surface area contributed by atoms with Gasteiger partial charge in [-0.1, -0.05) is 12.1 Å². The van der Waals surface area contributed by atoms with Crippen molar-refractivity contribution in [2.45, 2.75) is 25.9 Å². The molecule has 1 unspecified atom stereocenters. The Morgan fingerprint density at radius 3 is 3.00 bits per heavy atom. The molecule has 1 aromatic heterocycles. The van der Waals surface area contributed by atoms with Gasteiger partial charge in [0.25, 0.3) is 0 Å². The second-order valence-electron chi connectivity index (χ2n) is 4.30. The highest BCUT2D eigenvalue weighted by Crippen LogP contribution is 2.16. The first-order valence-corrected chi connectivity index (χ1v) is 5.92. The number of aliphatic hydroxyl groups is 1. The van der Waals surface area contributed by atoms with E-state index in [0.29, 0.717) is 24.5 Å². The number of aromatic nitrogens is 1. The van der Waals surface area contributed by atoms with E-state index >= 15 is 0 Å². The predicted molar refractivity (Wildman–Crippen MR) is 67.7 cm³/mol. The normalized spacial score (nSPS) is 12.4. The van der Waals surface area contributed by atoms with Crippen LogP contribution in [0.5, 0.6) is 5.75 Å². The SMILES string of the molecule is COc1cccc(Cc2ncc(CC(C)O)o2)c1. The summed E-state index contributed by atoms with van der Waals surface area (Å²) in [7, 11) is 1.64. The molecule has 1 N–H and O–H groups in total. The molecule has 1 aromatic carbocycles. The molecule has 1 heterocycles. The second kappa shape index (κ2) is 5.69. The molecule has 4 heteroatoms. The topological polar surface area (TPSA) is 55.5 Å². The zero-order valence-electron chi connectivity index (χ0n) is 10.6. The summed E-state index contributed by atoms with van der Waals surface area (Å²) in [5.74, 6) is 2.19. The molecule has 0 aliphatic heterocycles.